The summed E-state index contributed by atoms with van der Waals surface area (Å²) in [5.41, 5.74) is 1.99. The third-order valence-electron chi connectivity index (χ3n) is 2.91. The lowest BCUT2D eigenvalue weighted by Crippen LogP contribution is -1.92. The van der Waals surface area contributed by atoms with Crippen LogP contribution in [0.5, 0.6) is 0 Å². The second-order valence-corrected chi connectivity index (χ2v) is 4.88. The largest absolute Gasteiger partial charge is 0.367 e. The summed E-state index contributed by atoms with van der Waals surface area (Å²) in [6.45, 7) is 0. The first kappa shape index (κ1) is 13.9. The van der Waals surface area contributed by atoms with Crippen LogP contribution >= 0.6 is 11.6 Å². The van der Waals surface area contributed by atoms with Crippen molar-refractivity contribution in [2.75, 3.05) is 5.32 Å². The molecular formula is C15H11ClN6. The third-order valence-corrected chi connectivity index (χ3v) is 3.15. The molecule has 0 saturated heterocycles. The maximum Gasteiger partial charge on any atom is 0.172 e. The first-order valence-corrected chi connectivity index (χ1v) is 6.82. The molecule has 1 aromatic carbocycles. The minimum absolute atomic E-state index is 0.340. The van der Waals surface area contributed by atoms with Crippen molar-refractivity contribution in [3.05, 3.63) is 58.9 Å². The molecule has 0 spiro atoms. The van der Waals surface area contributed by atoms with Gasteiger partial charge in [0.2, 0.25) is 0 Å². The van der Waals surface area contributed by atoms with Gasteiger partial charge in [0, 0.05) is 34.9 Å². The Hall–Kier alpha value is -3.04. The summed E-state index contributed by atoms with van der Waals surface area (Å²) in [4.78, 5) is 7.18. The smallest absolute Gasteiger partial charge is 0.172 e. The number of aliphatic imine (C=N–C) groups is 1. The van der Waals surface area contributed by atoms with E-state index in [-0.39, 0.29) is 0 Å². The number of nitrogens with zero attached hydrogens (tertiary/aromatic N) is 3. The molecule has 0 aliphatic rings. The number of nitriles is 1. The summed E-state index contributed by atoms with van der Waals surface area (Å²) in [6, 6.07) is 11.1. The van der Waals surface area contributed by atoms with Crippen LogP contribution in [0, 0.1) is 11.3 Å². The van der Waals surface area contributed by atoms with Gasteiger partial charge in [0.1, 0.15) is 11.6 Å². The summed E-state index contributed by atoms with van der Waals surface area (Å²) in [5.74, 6) is 0.805. The van der Waals surface area contributed by atoms with E-state index < -0.39 is 0 Å². The monoisotopic (exact) mass is 310 g/mol. The van der Waals surface area contributed by atoms with Crippen LogP contribution in [0.3, 0.4) is 0 Å². The standard InChI is InChI=1S/C15H11ClN6/c16-11-2-1-3-12(6-11)20-15-13(7-17)14(21-22-15)19-9-10-4-5-18-8-10/h1-6,8-9,18H,(H2,20,21,22)/b19-9+. The molecule has 0 aliphatic heterocycles. The van der Waals surface area contributed by atoms with E-state index in [1.165, 1.54) is 0 Å². The second kappa shape index (κ2) is 6.16. The number of hydrogen-bond acceptors (Lipinski definition) is 4. The predicted octanol–water partition coefficient (Wildman–Crippen LogP) is 3.76. The number of nitrogens with one attached hydrogen (secondary N) is 3. The van der Waals surface area contributed by atoms with E-state index in [1.807, 2.05) is 18.2 Å². The molecule has 0 atom stereocenters. The first-order valence-electron chi connectivity index (χ1n) is 6.44. The Bertz CT molecular complexity index is 841. The molecule has 0 radical (unpaired) electrons. The van der Waals surface area contributed by atoms with Crippen LogP contribution < -0.4 is 5.32 Å². The Balaban J connectivity index is 1.86. The number of H-pyrrole nitrogens is 2. The van der Waals surface area contributed by atoms with Crippen molar-refractivity contribution in [2.24, 2.45) is 4.99 Å². The second-order valence-electron chi connectivity index (χ2n) is 4.45. The molecule has 108 valence electrons. The van der Waals surface area contributed by atoms with E-state index in [2.05, 4.69) is 31.6 Å². The molecule has 2 heterocycles. The number of rotatable bonds is 4. The molecule has 6 nitrogen and oxygen atoms in total. The Morgan fingerprint density at radius 2 is 2.27 bits per heavy atom. The summed E-state index contributed by atoms with van der Waals surface area (Å²) in [7, 11) is 0. The quantitative estimate of drug-likeness (QED) is 0.640. The topological polar surface area (TPSA) is 92.7 Å². The van der Waals surface area contributed by atoms with Gasteiger partial charge in [-0.1, -0.05) is 17.7 Å². The van der Waals surface area contributed by atoms with Crippen molar-refractivity contribution in [1.29, 1.82) is 5.26 Å². The van der Waals surface area contributed by atoms with Crippen LogP contribution in [0.2, 0.25) is 5.02 Å². The summed E-state index contributed by atoms with van der Waals surface area (Å²) >= 11 is 5.94. The fourth-order valence-corrected chi connectivity index (χ4v) is 2.07. The van der Waals surface area contributed by atoms with E-state index in [9.17, 15) is 5.26 Å². The number of aromatic nitrogens is 3. The van der Waals surface area contributed by atoms with E-state index in [0.717, 1.165) is 11.3 Å². The van der Waals surface area contributed by atoms with Crippen LogP contribution in [0.1, 0.15) is 11.1 Å². The molecule has 0 amide bonds. The Labute approximate surface area is 131 Å². The molecule has 3 rings (SSSR count). The molecule has 0 bridgehead atoms. The molecule has 3 N–H and O–H groups in total. The summed E-state index contributed by atoms with van der Waals surface area (Å²) < 4.78 is 0. The molecule has 22 heavy (non-hydrogen) atoms. The average Bonchev–Trinajstić information content (AvgIpc) is 3.14. The minimum atomic E-state index is 0.340. The Kier molecular flexibility index (Phi) is 3.90. The lowest BCUT2D eigenvalue weighted by atomic mass is 10.3. The Morgan fingerprint density at radius 3 is 3.00 bits per heavy atom. The van der Waals surface area contributed by atoms with Gasteiger partial charge in [-0.25, -0.2) is 4.99 Å². The highest BCUT2D eigenvalue weighted by atomic mass is 35.5. The van der Waals surface area contributed by atoms with Gasteiger partial charge in [0.15, 0.2) is 11.6 Å². The normalized spacial score (nSPS) is 10.7. The molecular weight excluding hydrogens is 300 g/mol. The lowest BCUT2D eigenvalue weighted by Gasteiger charge is -2.03. The zero-order valence-corrected chi connectivity index (χ0v) is 12.1. The SMILES string of the molecule is N#Cc1c(Nc2cccc(Cl)c2)n[nH]c1/N=C/c1cc[nH]c1. The summed E-state index contributed by atoms with van der Waals surface area (Å²) in [5, 5.41) is 19.8. The number of benzene rings is 1. The van der Waals surface area contributed by atoms with E-state index in [4.69, 9.17) is 11.6 Å². The van der Waals surface area contributed by atoms with Crippen molar-refractivity contribution in [1.82, 2.24) is 15.2 Å². The summed E-state index contributed by atoms with van der Waals surface area (Å²) in [6.07, 6.45) is 5.25. The van der Waals surface area contributed by atoms with Crippen LogP contribution in [-0.2, 0) is 0 Å². The molecule has 0 saturated carbocycles. The average molecular weight is 311 g/mol. The van der Waals surface area contributed by atoms with Crippen molar-refractivity contribution < 1.29 is 0 Å². The van der Waals surface area contributed by atoms with Gasteiger partial charge in [-0.2, -0.15) is 10.4 Å². The van der Waals surface area contributed by atoms with Crippen LogP contribution in [0.25, 0.3) is 0 Å². The zero-order chi connectivity index (χ0) is 15.4. The van der Waals surface area contributed by atoms with Gasteiger partial charge in [0.25, 0.3) is 0 Å². The van der Waals surface area contributed by atoms with Crippen molar-refractivity contribution >= 4 is 35.1 Å². The fourth-order valence-electron chi connectivity index (χ4n) is 1.88. The number of aromatic amines is 2. The van der Waals surface area contributed by atoms with Crippen molar-refractivity contribution in [3.8, 4) is 6.07 Å². The lowest BCUT2D eigenvalue weighted by molar-refractivity contribution is 1.09. The van der Waals surface area contributed by atoms with Gasteiger partial charge in [0.05, 0.1) is 0 Å². The molecule has 0 fully saturated rings. The number of halogens is 1. The minimum Gasteiger partial charge on any atom is -0.367 e. The molecule has 3 aromatic rings. The van der Waals surface area contributed by atoms with Gasteiger partial charge in [-0.3, -0.25) is 5.10 Å². The van der Waals surface area contributed by atoms with E-state index in [0.29, 0.717) is 22.2 Å². The van der Waals surface area contributed by atoms with Crippen LogP contribution in [-0.4, -0.2) is 21.4 Å². The van der Waals surface area contributed by atoms with Gasteiger partial charge >= 0.3 is 0 Å². The number of hydrogen-bond donors (Lipinski definition) is 3. The van der Waals surface area contributed by atoms with Crippen molar-refractivity contribution in [3.63, 3.8) is 0 Å². The highest BCUT2D eigenvalue weighted by Crippen LogP contribution is 2.26. The van der Waals surface area contributed by atoms with Gasteiger partial charge < -0.3 is 10.3 Å². The van der Waals surface area contributed by atoms with Crippen molar-refractivity contribution in [2.45, 2.75) is 0 Å². The molecule has 2 aromatic heterocycles. The van der Waals surface area contributed by atoms with Crippen LogP contribution in [0.4, 0.5) is 17.3 Å². The Morgan fingerprint density at radius 1 is 1.36 bits per heavy atom. The zero-order valence-electron chi connectivity index (χ0n) is 11.3. The number of anilines is 2. The van der Waals surface area contributed by atoms with Gasteiger partial charge in [-0.15, -0.1) is 0 Å². The maximum atomic E-state index is 9.32. The molecule has 0 aliphatic carbocycles. The third kappa shape index (κ3) is 3.00. The highest BCUT2D eigenvalue weighted by Gasteiger charge is 2.12. The predicted molar refractivity (Wildman–Crippen MR) is 86.1 cm³/mol. The molecule has 7 heteroatoms. The van der Waals surface area contributed by atoms with Gasteiger partial charge in [-0.05, 0) is 24.3 Å². The fraction of sp³-hybridized carbons (Fsp3) is 0. The highest BCUT2D eigenvalue weighted by molar-refractivity contribution is 6.30. The first-order chi connectivity index (χ1) is 10.8. The van der Waals surface area contributed by atoms with Crippen LogP contribution in [0.15, 0.2) is 47.7 Å². The van der Waals surface area contributed by atoms with E-state index >= 15 is 0 Å². The maximum absolute atomic E-state index is 9.32. The van der Waals surface area contributed by atoms with E-state index in [1.54, 1.807) is 30.7 Å². The molecule has 0 unspecified atom stereocenters.